The monoisotopic (exact) mass is 357 g/mol. The molecular weight excluding hydrogens is 334 g/mol. The average molecular weight is 357 g/mol. The summed E-state index contributed by atoms with van der Waals surface area (Å²) in [6.45, 7) is 6.73. The summed E-state index contributed by atoms with van der Waals surface area (Å²) in [6.07, 6.45) is 4.53. The van der Waals surface area contributed by atoms with Gasteiger partial charge in [0.25, 0.3) is 5.91 Å². The fourth-order valence-electron chi connectivity index (χ4n) is 3.41. The molecule has 7 heteroatoms. The van der Waals surface area contributed by atoms with Crippen LogP contribution in [0.4, 0.5) is 0 Å². The molecule has 0 saturated heterocycles. The maximum Gasteiger partial charge on any atom is 0.274 e. The molecule has 132 valence electrons. The van der Waals surface area contributed by atoms with Gasteiger partial charge in [-0.15, -0.1) is 11.3 Å². The first-order valence-corrected chi connectivity index (χ1v) is 9.56. The molecule has 3 heterocycles. The third-order valence-corrected chi connectivity index (χ3v) is 5.88. The van der Waals surface area contributed by atoms with Crippen molar-refractivity contribution in [3.8, 4) is 0 Å². The Morgan fingerprint density at radius 1 is 1.44 bits per heavy atom. The van der Waals surface area contributed by atoms with Crippen LogP contribution in [0.5, 0.6) is 0 Å². The lowest BCUT2D eigenvalue weighted by molar-refractivity contribution is 0.0775. The number of rotatable bonds is 5. The minimum Gasteiger partial charge on any atom is -0.334 e. The Kier molecular flexibility index (Phi) is 3.91. The molecule has 6 nitrogen and oxygen atoms in total. The van der Waals surface area contributed by atoms with Crippen molar-refractivity contribution in [2.24, 2.45) is 5.92 Å². The van der Waals surface area contributed by atoms with Gasteiger partial charge in [0.15, 0.2) is 10.7 Å². The molecular formula is C18H23N5OS. The van der Waals surface area contributed by atoms with E-state index in [1.807, 2.05) is 43.2 Å². The van der Waals surface area contributed by atoms with Crippen LogP contribution in [0.15, 0.2) is 17.6 Å². The van der Waals surface area contributed by atoms with E-state index in [1.165, 1.54) is 12.8 Å². The summed E-state index contributed by atoms with van der Waals surface area (Å²) in [5, 5.41) is 6.61. The molecule has 0 spiro atoms. The molecule has 0 aromatic carbocycles. The van der Waals surface area contributed by atoms with Gasteiger partial charge in [-0.3, -0.25) is 13.9 Å². The number of imidazole rings is 1. The molecule has 3 aromatic heterocycles. The number of thiazole rings is 1. The lowest BCUT2D eigenvalue weighted by Gasteiger charge is -2.16. The summed E-state index contributed by atoms with van der Waals surface area (Å²) < 4.78 is 4.07. The quantitative estimate of drug-likeness (QED) is 0.703. The summed E-state index contributed by atoms with van der Waals surface area (Å²) in [5.74, 6) is 0.662. The second kappa shape index (κ2) is 5.98. The standard InChI is InChI=1S/C18H23N5OS/c1-11-9-15(20-23(11)13(3)14-5-6-14)17(24)21(4)10-16-12(2)19-18-22(16)7-8-25-18/h7-9,13-14H,5-6,10H2,1-4H3. The zero-order chi connectivity index (χ0) is 17.7. The van der Waals surface area contributed by atoms with Crippen molar-refractivity contribution in [2.45, 2.75) is 46.2 Å². The summed E-state index contributed by atoms with van der Waals surface area (Å²) in [7, 11) is 1.83. The molecule has 4 rings (SSSR count). The van der Waals surface area contributed by atoms with E-state index in [1.54, 1.807) is 16.2 Å². The lowest BCUT2D eigenvalue weighted by atomic mass is 10.2. The van der Waals surface area contributed by atoms with Gasteiger partial charge in [0.1, 0.15) is 0 Å². The van der Waals surface area contributed by atoms with Crippen molar-refractivity contribution in [2.75, 3.05) is 7.05 Å². The fraction of sp³-hybridized carbons (Fsp3) is 0.500. The van der Waals surface area contributed by atoms with Gasteiger partial charge in [-0.2, -0.15) is 5.10 Å². The second-order valence-electron chi connectivity index (χ2n) is 7.05. The number of carbonyl (C=O) groups excluding carboxylic acids is 1. The van der Waals surface area contributed by atoms with Gasteiger partial charge in [-0.25, -0.2) is 4.98 Å². The van der Waals surface area contributed by atoms with E-state index in [4.69, 9.17) is 0 Å². The molecule has 0 N–H and O–H groups in total. The molecule has 1 aliphatic carbocycles. The van der Waals surface area contributed by atoms with Gasteiger partial charge in [-0.05, 0) is 45.6 Å². The molecule has 25 heavy (non-hydrogen) atoms. The number of aromatic nitrogens is 4. The molecule has 3 aromatic rings. The van der Waals surface area contributed by atoms with Crippen molar-refractivity contribution in [3.05, 3.63) is 40.4 Å². The van der Waals surface area contributed by atoms with E-state index in [9.17, 15) is 4.79 Å². The summed E-state index contributed by atoms with van der Waals surface area (Å²) >= 11 is 1.60. The van der Waals surface area contributed by atoms with Crippen LogP contribution in [0.3, 0.4) is 0 Å². The molecule has 1 atom stereocenters. The van der Waals surface area contributed by atoms with Crippen LogP contribution in [0.1, 0.15) is 53.4 Å². The third kappa shape index (κ3) is 2.86. The zero-order valence-electron chi connectivity index (χ0n) is 15.1. The van der Waals surface area contributed by atoms with Crippen LogP contribution in [0.25, 0.3) is 4.96 Å². The van der Waals surface area contributed by atoms with E-state index in [-0.39, 0.29) is 5.91 Å². The van der Waals surface area contributed by atoms with E-state index in [0.29, 0.717) is 24.2 Å². The van der Waals surface area contributed by atoms with Gasteiger partial charge < -0.3 is 4.90 Å². The van der Waals surface area contributed by atoms with Gasteiger partial charge in [-0.1, -0.05) is 0 Å². The topological polar surface area (TPSA) is 55.4 Å². The van der Waals surface area contributed by atoms with Crippen molar-refractivity contribution in [1.29, 1.82) is 0 Å². The maximum absolute atomic E-state index is 12.9. The van der Waals surface area contributed by atoms with Crippen LogP contribution < -0.4 is 0 Å². The van der Waals surface area contributed by atoms with Crippen molar-refractivity contribution in [3.63, 3.8) is 0 Å². The molecule has 1 saturated carbocycles. The van der Waals surface area contributed by atoms with Crippen LogP contribution in [0.2, 0.25) is 0 Å². The lowest BCUT2D eigenvalue weighted by Crippen LogP contribution is -2.27. The minimum absolute atomic E-state index is 0.0468. The summed E-state index contributed by atoms with van der Waals surface area (Å²) in [6, 6.07) is 2.27. The first-order valence-electron chi connectivity index (χ1n) is 8.68. The highest BCUT2D eigenvalue weighted by Gasteiger charge is 2.31. The van der Waals surface area contributed by atoms with Crippen LogP contribution >= 0.6 is 11.3 Å². The highest BCUT2D eigenvalue weighted by molar-refractivity contribution is 7.15. The van der Waals surface area contributed by atoms with E-state index < -0.39 is 0 Å². The molecule has 1 unspecified atom stereocenters. The molecule has 0 aliphatic heterocycles. The molecule has 1 aliphatic rings. The Morgan fingerprint density at radius 3 is 2.92 bits per heavy atom. The molecule has 0 radical (unpaired) electrons. The van der Waals surface area contributed by atoms with Gasteiger partial charge in [0.05, 0.1) is 24.0 Å². The van der Waals surface area contributed by atoms with Gasteiger partial charge in [0, 0.05) is 24.3 Å². The number of hydrogen-bond donors (Lipinski definition) is 0. The number of fused-ring (bicyclic) bond motifs is 1. The van der Waals surface area contributed by atoms with Crippen molar-refractivity contribution >= 4 is 22.2 Å². The van der Waals surface area contributed by atoms with E-state index >= 15 is 0 Å². The van der Waals surface area contributed by atoms with Crippen molar-refractivity contribution in [1.82, 2.24) is 24.1 Å². The number of aryl methyl sites for hydroxylation is 2. The number of carbonyl (C=O) groups is 1. The average Bonchev–Trinajstić information content (AvgIpc) is 3.12. The first-order chi connectivity index (χ1) is 12.0. The maximum atomic E-state index is 12.9. The Labute approximate surface area is 151 Å². The van der Waals surface area contributed by atoms with Crippen LogP contribution in [0, 0.1) is 19.8 Å². The molecule has 1 fully saturated rings. The van der Waals surface area contributed by atoms with Crippen molar-refractivity contribution < 1.29 is 4.79 Å². The van der Waals surface area contributed by atoms with Crippen LogP contribution in [-0.2, 0) is 6.54 Å². The molecule has 0 bridgehead atoms. The number of nitrogens with zero attached hydrogens (tertiary/aromatic N) is 5. The third-order valence-electron chi connectivity index (χ3n) is 5.13. The number of amides is 1. The van der Waals surface area contributed by atoms with Gasteiger partial charge in [0.2, 0.25) is 0 Å². The predicted octanol–water partition coefficient (Wildman–Crippen LogP) is 3.45. The smallest absolute Gasteiger partial charge is 0.274 e. The fourth-order valence-corrected chi connectivity index (χ4v) is 4.18. The zero-order valence-corrected chi connectivity index (χ0v) is 15.9. The number of hydrogen-bond acceptors (Lipinski definition) is 4. The predicted molar refractivity (Wildman–Crippen MR) is 98.0 cm³/mol. The summed E-state index contributed by atoms with van der Waals surface area (Å²) in [4.78, 5) is 20.1. The highest BCUT2D eigenvalue weighted by Crippen LogP contribution is 2.39. The Balaban J connectivity index is 1.55. The molecule has 1 amide bonds. The second-order valence-corrected chi connectivity index (χ2v) is 7.93. The first kappa shape index (κ1) is 16.3. The Hall–Kier alpha value is -2.15. The highest BCUT2D eigenvalue weighted by atomic mass is 32.1. The Morgan fingerprint density at radius 2 is 2.20 bits per heavy atom. The van der Waals surface area contributed by atoms with E-state index in [2.05, 4.69) is 21.4 Å². The SMILES string of the molecule is Cc1nc2sccn2c1CN(C)C(=O)c1cc(C)n(C(C)C2CC2)n1. The Bertz CT molecular complexity index is 933. The van der Waals surface area contributed by atoms with Crippen LogP contribution in [-0.4, -0.2) is 37.0 Å². The largest absolute Gasteiger partial charge is 0.334 e. The summed E-state index contributed by atoms with van der Waals surface area (Å²) in [5.41, 5.74) is 3.60. The van der Waals surface area contributed by atoms with Gasteiger partial charge >= 0.3 is 0 Å². The minimum atomic E-state index is -0.0468. The normalized spacial score (nSPS) is 15.7. The van der Waals surface area contributed by atoms with E-state index in [0.717, 1.165) is 22.0 Å².